The van der Waals surface area contributed by atoms with E-state index >= 15 is 0 Å². The molecule has 2 aliphatic rings. The highest BCUT2D eigenvalue weighted by Gasteiger charge is 2.29. The van der Waals surface area contributed by atoms with Crippen LogP contribution in [-0.4, -0.2) is 48.2 Å². The van der Waals surface area contributed by atoms with Crippen molar-refractivity contribution in [3.8, 4) is 0 Å². The van der Waals surface area contributed by atoms with Gasteiger partial charge in [-0.2, -0.15) is 0 Å². The van der Waals surface area contributed by atoms with E-state index in [2.05, 4.69) is 27.1 Å². The molecule has 114 valence electrons. The highest BCUT2D eigenvalue weighted by molar-refractivity contribution is 6.02. The first kappa shape index (κ1) is 14.2. The molecule has 2 saturated heterocycles. The lowest BCUT2D eigenvalue weighted by Crippen LogP contribution is -2.37. The number of aryl methyl sites for hydroxylation is 1. The molecule has 0 spiro atoms. The number of rotatable bonds is 2. The van der Waals surface area contributed by atoms with Crippen molar-refractivity contribution in [1.29, 1.82) is 0 Å². The van der Waals surface area contributed by atoms with Crippen LogP contribution in [0.4, 0.5) is 5.69 Å². The number of benzene rings is 1. The molecule has 2 heterocycles. The van der Waals surface area contributed by atoms with Gasteiger partial charge in [0.15, 0.2) is 5.84 Å². The van der Waals surface area contributed by atoms with Crippen LogP contribution in [0.5, 0.6) is 0 Å². The van der Waals surface area contributed by atoms with Crippen molar-refractivity contribution in [2.75, 3.05) is 31.1 Å². The molecular weight excluding hydrogens is 264 g/mol. The van der Waals surface area contributed by atoms with E-state index in [0.29, 0.717) is 6.04 Å². The molecule has 2 aliphatic heterocycles. The fourth-order valence-electron chi connectivity index (χ4n) is 3.61. The smallest absolute Gasteiger partial charge is 0.172 e. The minimum atomic E-state index is 0.196. The van der Waals surface area contributed by atoms with E-state index in [1.54, 1.807) is 0 Å². The molecule has 5 heteroatoms. The third-order valence-electron chi connectivity index (χ3n) is 4.68. The summed E-state index contributed by atoms with van der Waals surface area (Å²) >= 11 is 0. The van der Waals surface area contributed by atoms with Gasteiger partial charge < -0.3 is 15.8 Å². The van der Waals surface area contributed by atoms with Gasteiger partial charge in [0.1, 0.15) is 0 Å². The lowest BCUT2D eigenvalue weighted by atomic mass is 10.1. The number of oxime groups is 1. The average Bonchev–Trinajstić information content (AvgIpc) is 2.83. The summed E-state index contributed by atoms with van der Waals surface area (Å²) in [6.07, 6.45) is 3.75. The first-order valence-corrected chi connectivity index (χ1v) is 7.76. The monoisotopic (exact) mass is 288 g/mol. The highest BCUT2D eigenvalue weighted by Crippen LogP contribution is 2.28. The maximum absolute atomic E-state index is 9.04. The van der Waals surface area contributed by atoms with Crippen LogP contribution in [-0.2, 0) is 0 Å². The number of nitrogens with zero attached hydrogens (tertiary/aromatic N) is 3. The average molecular weight is 288 g/mol. The summed E-state index contributed by atoms with van der Waals surface area (Å²) < 4.78 is 0. The molecule has 0 amide bonds. The van der Waals surface area contributed by atoms with Crippen molar-refractivity contribution in [1.82, 2.24) is 4.90 Å². The second kappa shape index (κ2) is 5.93. The van der Waals surface area contributed by atoms with E-state index in [9.17, 15) is 0 Å². The second-order valence-corrected chi connectivity index (χ2v) is 6.14. The molecule has 3 rings (SSSR count). The van der Waals surface area contributed by atoms with Gasteiger partial charge in [-0.3, -0.25) is 4.90 Å². The minimum Gasteiger partial charge on any atom is -0.409 e. The fourth-order valence-corrected chi connectivity index (χ4v) is 3.61. The zero-order chi connectivity index (χ0) is 14.8. The topological polar surface area (TPSA) is 65.1 Å². The third-order valence-corrected chi connectivity index (χ3v) is 4.68. The molecule has 0 bridgehead atoms. The SMILES string of the molecule is Cc1ccc(N2CCCN3CCCC3C2)c(/C(N)=N/O)c1. The standard InChI is InChI=1S/C16H24N4O/c1-12-5-6-15(14(10-12)16(17)18-21)20-9-3-8-19-7-2-4-13(19)11-20/h5-6,10,13,21H,2-4,7-9,11H2,1H3,(H2,17,18). The number of nitrogens with two attached hydrogens (primary N) is 1. The molecule has 0 saturated carbocycles. The molecular formula is C16H24N4O. The lowest BCUT2D eigenvalue weighted by Gasteiger charge is -2.29. The van der Waals surface area contributed by atoms with Crippen LogP contribution in [0.2, 0.25) is 0 Å². The Bertz CT molecular complexity index is 543. The summed E-state index contributed by atoms with van der Waals surface area (Å²) in [5.41, 5.74) is 8.93. The molecule has 21 heavy (non-hydrogen) atoms. The molecule has 0 radical (unpaired) electrons. The van der Waals surface area contributed by atoms with E-state index in [1.165, 1.54) is 32.4 Å². The molecule has 1 unspecified atom stereocenters. The Morgan fingerprint density at radius 3 is 2.90 bits per heavy atom. The molecule has 2 fully saturated rings. The lowest BCUT2D eigenvalue weighted by molar-refractivity contribution is 0.273. The van der Waals surface area contributed by atoms with Gasteiger partial charge in [-0.25, -0.2) is 0 Å². The van der Waals surface area contributed by atoms with Crippen LogP contribution < -0.4 is 10.6 Å². The summed E-state index contributed by atoms with van der Waals surface area (Å²) in [4.78, 5) is 5.01. The first-order valence-electron chi connectivity index (χ1n) is 7.76. The number of amidine groups is 1. The quantitative estimate of drug-likeness (QED) is 0.377. The van der Waals surface area contributed by atoms with Crippen molar-refractivity contribution in [3.63, 3.8) is 0 Å². The van der Waals surface area contributed by atoms with Crippen LogP contribution in [0.3, 0.4) is 0 Å². The Kier molecular flexibility index (Phi) is 4.01. The predicted octanol–water partition coefficient (Wildman–Crippen LogP) is 1.76. The molecule has 1 aromatic carbocycles. The Morgan fingerprint density at radius 2 is 2.10 bits per heavy atom. The number of fused-ring (bicyclic) bond motifs is 1. The maximum atomic E-state index is 9.04. The van der Waals surface area contributed by atoms with Gasteiger partial charge >= 0.3 is 0 Å². The highest BCUT2D eigenvalue weighted by atomic mass is 16.4. The van der Waals surface area contributed by atoms with Crippen LogP contribution >= 0.6 is 0 Å². The van der Waals surface area contributed by atoms with E-state index in [-0.39, 0.29) is 5.84 Å². The van der Waals surface area contributed by atoms with Gasteiger partial charge in [0.05, 0.1) is 0 Å². The number of anilines is 1. The first-order chi connectivity index (χ1) is 10.2. The summed E-state index contributed by atoms with van der Waals surface area (Å²) in [5.74, 6) is 0.196. The molecule has 1 aromatic rings. The van der Waals surface area contributed by atoms with E-state index < -0.39 is 0 Å². The summed E-state index contributed by atoms with van der Waals surface area (Å²) in [6.45, 7) is 6.51. The van der Waals surface area contributed by atoms with E-state index in [4.69, 9.17) is 10.9 Å². The van der Waals surface area contributed by atoms with Gasteiger partial charge in [-0.1, -0.05) is 16.8 Å². The third kappa shape index (κ3) is 2.83. The zero-order valence-electron chi connectivity index (χ0n) is 12.6. The number of hydrogen-bond donors (Lipinski definition) is 2. The maximum Gasteiger partial charge on any atom is 0.172 e. The van der Waals surface area contributed by atoms with E-state index in [0.717, 1.165) is 29.9 Å². The van der Waals surface area contributed by atoms with Gasteiger partial charge in [-0.05, 0) is 44.9 Å². The van der Waals surface area contributed by atoms with Crippen molar-refractivity contribution in [3.05, 3.63) is 29.3 Å². The van der Waals surface area contributed by atoms with Crippen molar-refractivity contribution in [2.24, 2.45) is 10.9 Å². The van der Waals surface area contributed by atoms with Gasteiger partial charge in [0, 0.05) is 36.9 Å². The predicted molar refractivity (Wildman–Crippen MR) is 85.1 cm³/mol. The largest absolute Gasteiger partial charge is 0.409 e. The normalized spacial score (nSPS) is 24.0. The number of hydrogen-bond acceptors (Lipinski definition) is 4. The Hall–Kier alpha value is -1.75. The molecule has 0 aliphatic carbocycles. The molecule has 1 atom stereocenters. The van der Waals surface area contributed by atoms with Gasteiger partial charge in [0.2, 0.25) is 0 Å². The van der Waals surface area contributed by atoms with Crippen molar-refractivity contribution in [2.45, 2.75) is 32.2 Å². The fraction of sp³-hybridized carbons (Fsp3) is 0.562. The Balaban J connectivity index is 1.92. The van der Waals surface area contributed by atoms with E-state index in [1.807, 2.05) is 13.0 Å². The second-order valence-electron chi connectivity index (χ2n) is 6.14. The minimum absolute atomic E-state index is 0.196. The summed E-state index contributed by atoms with van der Waals surface area (Å²) in [7, 11) is 0. The van der Waals surface area contributed by atoms with Crippen LogP contribution in [0.1, 0.15) is 30.4 Å². The Morgan fingerprint density at radius 1 is 1.29 bits per heavy atom. The van der Waals surface area contributed by atoms with Crippen molar-refractivity contribution >= 4 is 11.5 Å². The van der Waals surface area contributed by atoms with Crippen LogP contribution in [0.15, 0.2) is 23.4 Å². The Labute approximate surface area is 126 Å². The zero-order valence-corrected chi connectivity index (χ0v) is 12.6. The van der Waals surface area contributed by atoms with Crippen molar-refractivity contribution < 1.29 is 5.21 Å². The van der Waals surface area contributed by atoms with Gasteiger partial charge in [-0.15, -0.1) is 0 Å². The summed E-state index contributed by atoms with van der Waals surface area (Å²) in [5, 5.41) is 12.2. The molecule has 3 N–H and O–H groups in total. The van der Waals surface area contributed by atoms with Gasteiger partial charge in [0.25, 0.3) is 0 Å². The van der Waals surface area contributed by atoms with Crippen LogP contribution in [0, 0.1) is 6.92 Å². The summed E-state index contributed by atoms with van der Waals surface area (Å²) in [6, 6.07) is 6.85. The van der Waals surface area contributed by atoms with Crippen LogP contribution in [0.25, 0.3) is 0 Å². The molecule has 5 nitrogen and oxygen atoms in total. The molecule has 0 aromatic heterocycles.